The van der Waals surface area contributed by atoms with Crippen molar-refractivity contribution in [3.63, 3.8) is 0 Å². The SMILES string of the molecule is CCOCc1nc2cnc3ccccc3c2n1N=Cc1ccccc1. The van der Waals surface area contributed by atoms with E-state index in [1.165, 1.54) is 0 Å². The third-order valence-electron chi connectivity index (χ3n) is 3.99. The summed E-state index contributed by atoms with van der Waals surface area (Å²) in [5, 5.41) is 5.72. The molecule has 0 fully saturated rings. The first-order valence-electron chi connectivity index (χ1n) is 8.29. The third-order valence-corrected chi connectivity index (χ3v) is 3.99. The molecule has 0 bridgehead atoms. The van der Waals surface area contributed by atoms with E-state index < -0.39 is 0 Å². The number of fused-ring (bicyclic) bond motifs is 3. The molecule has 124 valence electrons. The molecule has 0 aliphatic heterocycles. The lowest BCUT2D eigenvalue weighted by molar-refractivity contribution is 0.126. The molecule has 4 rings (SSSR count). The number of rotatable bonds is 5. The van der Waals surface area contributed by atoms with Crippen LogP contribution in [0.3, 0.4) is 0 Å². The smallest absolute Gasteiger partial charge is 0.157 e. The fourth-order valence-electron chi connectivity index (χ4n) is 2.81. The van der Waals surface area contributed by atoms with E-state index in [0.29, 0.717) is 13.2 Å². The Labute approximate surface area is 145 Å². The van der Waals surface area contributed by atoms with Crippen LogP contribution >= 0.6 is 0 Å². The van der Waals surface area contributed by atoms with Crippen molar-refractivity contribution in [2.24, 2.45) is 5.10 Å². The second-order valence-corrected chi connectivity index (χ2v) is 5.64. The minimum Gasteiger partial charge on any atom is -0.374 e. The fourth-order valence-corrected chi connectivity index (χ4v) is 2.81. The molecule has 0 aliphatic carbocycles. The highest BCUT2D eigenvalue weighted by molar-refractivity contribution is 6.02. The lowest BCUT2D eigenvalue weighted by Gasteiger charge is -2.05. The van der Waals surface area contributed by atoms with Gasteiger partial charge in [0.2, 0.25) is 0 Å². The van der Waals surface area contributed by atoms with Gasteiger partial charge in [-0.3, -0.25) is 4.98 Å². The number of pyridine rings is 1. The van der Waals surface area contributed by atoms with Crippen molar-refractivity contribution in [1.29, 1.82) is 0 Å². The zero-order chi connectivity index (χ0) is 17.1. The van der Waals surface area contributed by atoms with Crippen LogP contribution in [0.15, 0.2) is 65.9 Å². The molecular formula is C20H18N4O. The first-order chi connectivity index (χ1) is 12.4. The van der Waals surface area contributed by atoms with Gasteiger partial charge in [0.25, 0.3) is 0 Å². The number of hydrogen-bond acceptors (Lipinski definition) is 4. The minimum atomic E-state index is 0.408. The van der Waals surface area contributed by atoms with E-state index in [9.17, 15) is 0 Å². The summed E-state index contributed by atoms with van der Waals surface area (Å²) in [5.74, 6) is 0.766. The zero-order valence-corrected chi connectivity index (χ0v) is 14.0. The number of hydrogen-bond donors (Lipinski definition) is 0. The van der Waals surface area contributed by atoms with Gasteiger partial charge in [-0.25, -0.2) is 9.66 Å². The van der Waals surface area contributed by atoms with Gasteiger partial charge >= 0.3 is 0 Å². The number of para-hydroxylation sites is 1. The van der Waals surface area contributed by atoms with Crippen molar-refractivity contribution in [2.75, 3.05) is 6.61 Å². The standard InChI is InChI=1S/C20H18N4O/c1-2-25-14-19-23-18-13-21-17-11-7-6-10-16(17)20(18)24(19)22-12-15-8-4-3-5-9-15/h3-13H,2,14H2,1H3. The van der Waals surface area contributed by atoms with Crippen LogP contribution in [0.2, 0.25) is 0 Å². The van der Waals surface area contributed by atoms with Gasteiger partial charge in [0, 0.05) is 12.0 Å². The van der Waals surface area contributed by atoms with Crippen molar-refractivity contribution in [1.82, 2.24) is 14.6 Å². The molecule has 0 spiro atoms. The second kappa shape index (κ2) is 6.83. The van der Waals surface area contributed by atoms with Crippen LogP contribution in [-0.4, -0.2) is 27.5 Å². The maximum Gasteiger partial charge on any atom is 0.157 e. The number of aromatic nitrogens is 3. The number of imidazole rings is 1. The topological polar surface area (TPSA) is 52.3 Å². The molecule has 0 aliphatic rings. The monoisotopic (exact) mass is 330 g/mol. The molecular weight excluding hydrogens is 312 g/mol. The van der Waals surface area contributed by atoms with Crippen LogP contribution in [0.25, 0.3) is 21.9 Å². The van der Waals surface area contributed by atoms with Gasteiger partial charge in [0.15, 0.2) is 5.82 Å². The van der Waals surface area contributed by atoms with Gasteiger partial charge < -0.3 is 4.74 Å². The van der Waals surface area contributed by atoms with Gasteiger partial charge in [0.05, 0.1) is 17.9 Å². The summed E-state index contributed by atoms with van der Waals surface area (Å²) in [6.45, 7) is 3.01. The normalized spacial score (nSPS) is 11.7. The average molecular weight is 330 g/mol. The summed E-state index contributed by atoms with van der Waals surface area (Å²) >= 11 is 0. The van der Waals surface area contributed by atoms with E-state index in [-0.39, 0.29) is 0 Å². The Balaban J connectivity index is 1.91. The molecule has 4 aromatic rings. The van der Waals surface area contributed by atoms with Crippen molar-refractivity contribution in [3.05, 3.63) is 72.2 Å². The van der Waals surface area contributed by atoms with Crippen LogP contribution in [0.4, 0.5) is 0 Å². The quantitative estimate of drug-likeness (QED) is 0.520. The number of ether oxygens (including phenoxy) is 1. The highest BCUT2D eigenvalue weighted by atomic mass is 16.5. The molecule has 0 saturated carbocycles. The maximum atomic E-state index is 5.58. The molecule has 0 saturated heterocycles. The predicted octanol–water partition coefficient (Wildman–Crippen LogP) is 4.00. The summed E-state index contributed by atoms with van der Waals surface area (Å²) < 4.78 is 7.44. The van der Waals surface area contributed by atoms with Crippen molar-refractivity contribution in [2.45, 2.75) is 13.5 Å². The Bertz CT molecular complexity index is 1040. The van der Waals surface area contributed by atoms with E-state index in [1.807, 2.05) is 72.4 Å². The highest BCUT2D eigenvalue weighted by Crippen LogP contribution is 2.25. The molecule has 0 radical (unpaired) electrons. The molecule has 5 heteroatoms. The first-order valence-corrected chi connectivity index (χ1v) is 8.29. The van der Waals surface area contributed by atoms with E-state index in [4.69, 9.17) is 4.74 Å². The molecule has 0 amide bonds. The van der Waals surface area contributed by atoms with Crippen LogP contribution in [-0.2, 0) is 11.3 Å². The Hall–Kier alpha value is -3.05. The Morgan fingerprint density at radius 2 is 1.84 bits per heavy atom. The number of nitrogens with zero attached hydrogens (tertiary/aromatic N) is 4. The summed E-state index contributed by atoms with van der Waals surface area (Å²) in [6.07, 6.45) is 3.63. The van der Waals surface area contributed by atoms with Gasteiger partial charge in [-0.05, 0) is 18.6 Å². The molecule has 2 aromatic carbocycles. The Morgan fingerprint density at radius 3 is 2.68 bits per heavy atom. The molecule has 0 unspecified atom stereocenters. The highest BCUT2D eigenvalue weighted by Gasteiger charge is 2.13. The summed E-state index contributed by atoms with van der Waals surface area (Å²) in [5.41, 5.74) is 3.73. The van der Waals surface area contributed by atoms with E-state index in [2.05, 4.69) is 15.1 Å². The van der Waals surface area contributed by atoms with Gasteiger partial charge in [0.1, 0.15) is 17.6 Å². The number of benzene rings is 2. The molecule has 2 heterocycles. The van der Waals surface area contributed by atoms with Crippen LogP contribution in [0, 0.1) is 0 Å². The fraction of sp³-hybridized carbons (Fsp3) is 0.150. The van der Waals surface area contributed by atoms with Gasteiger partial charge in [-0.15, -0.1) is 0 Å². The summed E-state index contributed by atoms with van der Waals surface area (Å²) in [6, 6.07) is 18.0. The third kappa shape index (κ3) is 3.02. The minimum absolute atomic E-state index is 0.408. The lowest BCUT2D eigenvalue weighted by Crippen LogP contribution is -2.02. The average Bonchev–Trinajstić information content (AvgIpc) is 3.03. The summed E-state index contributed by atoms with van der Waals surface area (Å²) in [7, 11) is 0. The van der Waals surface area contributed by atoms with E-state index in [1.54, 1.807) is 6.20 Å². The van der Waals surface area contributed by atoms with Crippen LogP contribution in [0.1, 0.15) is 18.3 Å². The molecule has 0 atom stereocenters. The zero-order valence-electron chi connectivity index (χ0n) is 14.0. The summed E-state index contributed by atoms with van der Waals surface area (Å²) in [4.78, 5) is 9.17. The lowest BCUT2D eigenvalue weighted by atomic mass is 10.2. The van der Waals surface area contributed by atoms with E-state index in [0.717, 1.165) is 33.3 Å². The molecule has 5 nitrogen and oxygen atoms in total. The van der Waals surface area contributed by atoms with Crippen molar-refractivity contribution >= 4 is 28.2 Å². The van der Waals surface area contributed by atoms with Crippen molar-refractivity contribution in [3.8, 4) is 0 Å². The van der Waals surface area contributed by atoms with Crippen molar-refractivity contribution < 1.29 is 4.74 Å². The Morgan fingerprint density at radius 1 is 1.04 bits per heavy atom. The van der Waals surface area contributed by atoms with Crippen LogP contribution < -0.4 is 0 Å². The maximum absolute atomic E-state index is 5.58. The largest absolute Gasteiger partial charge is 0.374 e. The molecule has 2 aromatic heterocycles. The van der Waals surface area contributed by atoms with Gasteiger partial charge in [-0.2, -0.15) is 5.10 Å². The van der Waals surface area contributed by atoms with Crippen LogP contribution in [0.5, 0.6) is 0 Å². The second-order valence-electron chi connectivity index (χ2n) is 5.64. The van der Waals surface area contributed by atoms with E-state index >= 15 is 0 Å². The first kappa shape index (κ1) is 15.5. The Kier molecular flexibility index (Phi) is 4.23. The predicted molar refractivity (Wildman–Crippen MR) is 99.8 cm³/mol. The van der Waals surface area contributed by atoms with Gasteiger partial charge in [-0.1, -0.05) is 48.5 Å². The molecule has 0 N–H and O–H groups in total. The molecule has 25 heavy (non-hydrogen) atoms.